The number of hydrogen-bond acceptors (Lipinski definition) is 8. The molecule has 0 spiro atoms. The lowest BCUT2D eigenvalue weighted by Crippen LogP contribution is -2.26. The van der Waals surface area contributed by atoms with Gasteiger partial charge in [0.15, 0.2) is 16.0 Å². The number of hydrogen-bond donors (Lipinski definition) is 2. The molecule has 0 radical (unpaired) electrons. The quantitative estimate of drug-likeness (QED) is 0.716. The highest BCUT2D eigenvalue weighted by Crippen LogP contribution is 2.32. The van der Waals surface area contributed by atoms with Crippen molar-refractivity contribution < 1.29 is 4.79 Å². The van der Waals surface area contributed by atoms with Crippen LogP contribution in [-0.4, -0.2) is 38.9 Å². The van der Waals surface area contributed by atoms with Crippen LogP contribution in [0, 0.1) is 6.92 Å². The third kappa shape index (κ3) is 3.64. The minimum Gasteiger partial charge on any atom is -0.317 e. The van der Waals surface area contributed by atoms with Crippen LogP contribution in [0.1, 0.15) is 39.0 Å². The van der Waals surface area contributed by atoms with Gasteiger partial charge in [-0.15, -0.1) is 22.7 Å². The summed E-state index contributed by atoms with van der Waals surface area (Å²) in [5.41, 5.74) is 0.671. The molecule has 3 aromatic heterocycles. The molecule has 0 saturated carbocycles. The van der Waals surface area contributed by atoms with E-state index in [4.69, 9.17) is 0 Å². The molecule has 0 aliphatic carbocycles. The number of aryl methyl sites for hydroxylation is 1. The predicted octanol–water partition coefficient (Wildman–Crippen LogP) is 3.08. The molecule has 0 unspecified atom stereocenters. The van der Waals surface area contributed by atoms with Crippen molar-refractivity contribution in [2.45, 2.75) is 25.7 Å². The minimum atomic E-state index is -0.187. The summed E-state index contributed by atoms with van der Waals surface area (Å²) in [5, 5.41) is 7.55. The summed E-state index contributed by atoms with van der Waals surface area (Å²) in [6, 6.07) is 1.75. The molecule has 1 fully saturated rings. The lowest BCUT2D eigenvalue weighted by molar-refractivity contribution is 0.103. The van der Waals surface area contributed by atoms with E-state index in [1.807, 2.05) is 13.1 Å². The van der Waals surface area contributed by atoms with E-state index in [-0.39, 0.29) is 5.91 Å². The molecule has 1 amide bonds. The fraction of sp³-hybridized carbons (Fsp3) is 0.353. The van der Waals surface area contributed by atoms with Crippen molar-refractivity contribution in [2.75, 3.05) is 18.4 Å². The maximum absolute atomic E-state index is 12.6. The summed E-state index contributed by atoms with van der Waals surface area (Å²) in [6.07, 6.45) is 7.44. The number of nitrogens with zero attached hydrogens (tertiary/aromatic N) is 4. The zero-order valence-electron chi connectivity index (χ0n) is 14.2. The summed E-state index contributed by atoms with van der Waals surface area (Å²) in [7, 11) is 0. The first-order chi connectivity index (χ1) is 12.7. The van der Waals surface area contributed by atoms with Crippen molar-refractivity contribution >= 4 is 33.7 Å². The fourth-order valence-corrected chi connectivity index (χ4v) is 4.80. The van der Waals surface area contributed by atoms with Gasteiger partial charge in [-0.25, -0.2) is 19.9 Å². The summed E-state index contributed by atoms with van der Waals surface area (Å²) in [6.45, 7) is 3.89. The van der Waals surface area contributed by atoms with Crippen LogP contribution in [0.25, 0.3) is 10.8 Å². The van der Waals surface area contributed by atoms with Crippen LogP contribution in [0.5, 0.6) is 0 Å². The fourth-order valence-electron chi connectivity index (χ4n) is 2.91. The van der Waals surface area contributed by atoms with Gasteiger partial charge in [-0.1, -0.05) is 0 Å². The molecule has 134 valence electrons. The van der Waals surface area contributed by atoms with Crippen LogP contribution in [0.15, 0.2) is 24.7 Å². The van der Waals surface area contributed by atoms with Crippen LogP contribution in [0.2, 0.25) is 0 Å². The van der Waals surface area contributed by atoms with Gasteiger partial charge in [-0.2, -0.15) is 0 Å². The molecule has 2 N–H and O–H groups in total. The highest BCUT2D eigenvalue weighted by molar-refractivity contribution is 7.17. The molecule has 1 aliphatic heterocycles. The van der Waals surface area contributed by atoms with Crippen LogP contribution in [0.3, 0.4) is 0 Å². The van der Waals surface area contributed by atoms with Gasteiger partial charge in [0.1, 0.15) is 4.88 Å². The molecule has 7 nitrogen and oxygen atoms in total. The molecule has 0 aromatic carbocycles. The first-order valence-electron chi connectivity index (χ1n) is 8.43. The Hall–Kier alpha value is -2.23. The number of carbonyl (C=O) groups excluding carboxylic acids is 1. The molecule has 3 aromatic rings. The van der Waals surface area contributed by atoms with E-state index in [1.54, 1.807) is 29.8 Å². The predicted molar refractivity (Wildman–Crippen MR) is 103 cm³/mol. The number of piperidine rings is 1. The third-order valence-corrected chi connectivity index (χ3v) is 6.47. The molecule has 1 saturated heterocycles. The standard InChI is InChI=1S/C17H18N6OS2/c1-10-13(26-16(22-10)14-19-5-2-6-20-14)15(24)23-17-21-9-12(25-17)11-3-7-18-8-4-11/h2,5-6,9,11,18H,3-4,7-8H2,1H3,(H,21,23,24). The second-order valence-electron chi connectivity index (χ2n) is 6.05. The van der Waals surface area contributed by atoms with Crippen molar-refractivity contribution in [1.29, 1.82) is 0 Å². The van der Waals surface area contributed by atoms with Crippen molar-refractivity contribution in [1.82, 2.24) is 25.3 Å². The minimum absolute atomic E-state index is 0.187. The van der Waals surface area contributed by atoms with E-state index >= 15 is 0 Å². The Morgan fingerprint density at radius 1 is 1.19 bits per heavy atom. The second-order valence-corrected chi connectivity index (χ2v) is 8.11. The summed E-state index contributed by atoms with van der Waals surface area (Å²) in [4.78, 5) is 31.6. The Bertz CT molecular complexity index is 901. The van der Waals surface area contributed by atoms with Gasteiger partial charge < -0.3 is 5.32 Å². The van der Waals surface area contributed by atoms with Crippen LogP contribution < -0.4 is 10.6 Å². The number of nitrogens with one attached hydrogen (secondary N) is 2. The monoisotopic (exact) mass is 386 g/mol. The lowest BCUT2D eigenvalue weighted by atomic mass is 9.97. The number of anilines is 1. The average Bonchev–Trinajstić information content (AvgIpc) is 3.30. The van der Waals surface area contributed by atoms with Gasteiger partial charge in [0.05, 0.1) is 5.69 Å². The van der Waals surface area contributed by atoms with Gasteiger partial charge in [0.2, 0.25) is 0 Å². The lowest BCUT2D eigenvalue weighted by Gasteiger charge is -2.20. The smallest absolute Gasteiger partial charge is 0.269 e. The maximum atomic E-state index is 12.6. The largest absolute Gasteiger partial charge is 0.317 e. The van der Waals surface area contributed by atoms with Gasteiger partial charge in [0, 0.05) is 23.5 Å². The maximum Gasteiger partial charge on any atom is 0.269 e. The SMILES string of the molecule is Cc1nc(-c2ncccn2)sc1C(=O)Nc1ncc(C2CCNCC2)s1. The molecular weight excluding hydrogens is 368 g/mol. The highest BCUT2D eigenvalue weighted by atomic mass is 32.1. The Morgan fingerprint density at radius 2 is 1.96 bits per heavy atom. The summed E-state index contributed by atoms with van der Waals surface area (Å²) in [5.74, 6) is 0.877. The van der Waals surface area contributed by atoms with E-state index in [1.165, 1.54) is 16.2 Å². The van der Waals surface area contributed by atoms with Crippen molar-refractivity contribution in [3.05, 3.63) is 40.1 Å². The van der Waals surface area contributed by atoms with Crippen molar-refractivity contribution in [2.24, 2.45) is 0 Å². The molecule has 0 bridgehead atoms. The van der Waals surface area contributed by atoms with E-state index in [0.29, 0.717) is 32.5 Å². The van der Waals surface area contributed by atoms with E-state index in [2.05, 4.69) is 30.6 Å². The van der Waals surface area contributed by atoms with Crippen molar-refractivity contribution in [3.63, 3.8) is 0 Å². The molecular formula is C17H18N6OS2. The Labute approximate surface area is 159 Å². The highest BCUT2D eigenvalue weighted by Gasteiger charge is 2.21. The Balaban J connectivity index is 1.48. The Kier molecular flexibility index (Phi) is 5.00. The zero-order valence-corrected chi connectivity index (χ0v) is 15.9. The van der Waals surface area contributed by atoms with Gasteiger partial charge in [-0.3, -0.25) is 10.1 Å². The number of rotatable bonds is 4. The van der Waals surface area contributed by atoms with Crippen LogP contribution >= 0.6 is 22.7 Å². The molecule has 4 rings (SSSR count). The number of aromatic nitrogens is 4. The molecule has 9 heteroatoms. The van der Waals surface area contributed by atoms with E-state index in [0.717, 1.165) is 25.9 Å². The third-order valence-electron chi connectivity index (χ3n) is 4.25. The number of amides is 1. The first kappa shape index (κ1) is 17.2. The topological polar surface area (TPSA) is 92.7 Å². The number of thiazole rings is 2. The molecule has 4 heterocycles. The zero-order chi connectivity index (χ0) is 17.9. The van der Waals surface area contributed by atoms with Crippen molar-refractivity contribution in [3.8, 4) is 10.8 Å². The molecule has 0 atom stereocenters. The van der Waals surface area contributed by atoms with Gasteiger partial charge in [-0.05, 0) is 44.8 Å². The second kappa shape index (κ2) is 7.56. The molecule has 1 aliphatic rings. The van der Waals surface area contributed by atoms with Gasteiger partial charge >= 0.3 is 0 Å². The van der Waals surface area contributed by atoms with Crippen LogP contribution in [0.4, 0.5) is 5.13 Å². The van der Waals surface area contributed by atoms with Gasteiger partial charge in [0.25, 0.3) is 5.91 Å². The Morgan fingerprint density at radius 3 is 2.73 bits per heavy atom. The number of carbonyl (C=O) groups is 1. The van der Waals surface area contributed by atoms with E-state index < -0.39 is 0 Å². The molecule has 26 heavy (non-hydrogen) atoms. The first-order valence-corrected chi connectivity index (χ1v) is 10.1. The normalized spacial score (nSPS) is 15.1. The summed E-state index contributed by atoms with van der Waals surface area (Å²) >= 11 is 2.86. The van der Waals surface area contributed by atoms with E-state index in [9.17, 15) is 4.79 Å². The summed E-state index contributed by atoms with van der Waals surface area (Å²) < 4.78 is 0. The van der Waals surface area contributed by atoms with Crippen LogP contribution in [-0.2, 0) is 0 Å². The average molecular weight is 387 g/mol.